The largest absolute Gasteiger partial charge is 0.376 e. The molecule has 0 amide bonds. The minimum atomic E-state index is 0.294. The first-order chi connectivity index (χ1) is 8.75. The lowest BCUT2D eigenvalue weighted by Gasteiger charge is -2.20. The third-order valence-corrected chi connectivity index (χ3v) is 3.67. The minimum Gasteiger partial charge on any atom is -0.376 e. The highest BCUT2D eigenvalue weighted by Crippen LogP contribution is 2.21. The van der Waals surface area contributed by atoms with Crippen molar-refractivity contribution in [2.24, 2.45) is 7.05 Å². The maximum absolute atomic E-state index is 5.70. The van der Waals surface area contributed by atoms with Gasteiger partial charge in [0, 0.05) is 13.7 Å². The molecule has 1 fully saturated rings. The Labute approximate surface area is 107 Å². The van der Waals surface area contributed by atoms with Crippen molar-refractivity contribution in [2.45, 2.75) is 31.9 Å². The fourth-order valence-electron chi connectivity index (χ4n) is 2.57. The molecule has 1 saturated heterocycles. The number of benzene rings is 1. The Balaban J connectivity index is 1.83. The fourth-order valence-corrected chi connectivity index (χ4v) is 2.57. The monoisotopic (exact) mass is 245 g/mol. The van der Waals surface area contributed by atoms with Gasteiger partial charge in [0.25, 0.3) is 0 Å². The summed E-state index contributed by atoms with van der Waals surface area (Å²) < 4.78 is 7.80. The molecule has 1 aliphatic heterocycles. The van der Waals surface area contributed by atoms with Crippen LogP contribution in [0.1, 0.15) is 19.8 Å². The summed E-state index contributed by atoms with van der Waals surface area (Å²) in [5.74, 6) is 0.916. The number of fused-ring (bicyclic) bond motifs is 1. The second-order valence-electron chi connectivity index (χ2n) is 4.97. The van der Waals surface area contributed by atoms with Gasteiger partial charge in [0.2, 0.25) is 5.95 Å². The second kappa shape index (κ2) is 4.61. The Kier molecular flexibility index (Phi) is 2.96. The zero-order chi connectivity index (χ0) is 12.5. The van der Waals surface area contributed by atoms with Crippen LogP contribution in [0.5, 0.6) is 0 Å². The smallest absolute Gasteiger partial charge is 0.203 e. The van der Waals surface area contributed by atoms with Crippen LogP contribution < -0.4 is 5.32 Å². The van der Waals surface area contributed by atoms with Crippen molar-refractivity contribution in [1.82, 2.24) is 9.55 Å². The number of nitrogens with one attached hydrogen (secondary N) is 1. The molecular formula is C14H19N3O. The minimum absolute atomic E-state index is 0.294. The zero-order valence-electron chi connectivity index (χ0n) is 10.9. The molecular weight excluding hydrogens is 226 g/mol. The quantitative estimate of drug-likeness (QED) is 0.903. The molecule has 4 nitrogen and oxygen atoms in total. The summed E-state index contributed by atoms with van der Waals surface area (Å²) >= 11 is 0. The molecule has 1 aromatic heterocycles. The molecule has 0 spiro atoms. The van der Waals surface area contributed by atoms with Crippen LogP contribution in [-0.2, 0) is 11.8 Å². The van der Waals surface area contributed by atoms with Crippen LogP contribution in [0.15, 0.2) is 24.3 Å². The highest BCUT2D eigenvalue weighted by atomic mass is 16.5. The first kappa shape index (κ1) is 11.5. The Bertz CT molecular complexity index is 543. The molecule has 18 heavy (non-hydrogen) atoms. The van der Waals surface area contributed by atoms with Crippen LogP contribution in [0.25, 0.3) is 11.0 Å². The maximum atomic E-state index is 5.70. The average molecular weight is 245 g/mol. The Morgan fingerprint density at radius 3 is 3.00 bits per heavy atom. The predicted octanol–water partition coefficient (Wildman–Crippen LogP) is 2.55. The summed E-state index contributed by atoms with van der Waals surface area (Å²) in [6, 6.07) is 8.48. The molecule has 1 N–H and O–H groups in total. The fraction of sp³-hybridized carbons (Fsp3) is 0.500. The number of hydrogen-bond donors (Lipinski definition) is 1. The van der Waals surface area contributed by atoms with Gasteiger partial charge in [0.05, 0.1) is 23.2 Å². The number of aromatic nitrogens is 2. The van der Waals surface area contributed by atoms with Gasteiger partial charge in [-0.1, -0.05) is 12.1 Å². The standard InChI is InChI=1S/C14H19N3O/c1-10(13-8-5-9-18-13)15-14-16-11-6-3-4-7-12(11)17(14)2/h3-4,6-7,10,13H,5,8-9H2,1-2H3,(H,15,16). The molecule has 3 rings (SSSR count). The van der Waals surface area contributed by atoms with E-state index in [2.05, 4.69) is 27.9 Å². The van der Waals surface area contributed by atoms with Crippen molar-refractivity contribution in [1.29, 1.82) is 0 Å². The molecule has 0 bridgehead atoms. The Hall–Kier alpha value is -1.55. The Morgan fingerprint density at radius 2 is 2.28 bits per heavy atom. The normalized spacial score (nSPS) is 21.3. The number of anilines is 1. The molecule has 2 heterocycles. The van der Waals surface area contributed by atoms with Crippen molar-refractivity contribution in [3.8, 4) is 0 Å². The van der Waals surface area contributed by atoms with Crippen molar-refractivity contribution in [3.63, 3.8) is 0 Å². The van der Waals surface area contributed by atoms with E-state index in [1.807, 2.05) is 25.2 Å². The molecule has 1 aliphatic rings. The van der Waals surface area contributed by atoms with Gasteiger partial charge in [0.1, 0.15) is 0 Å². The summed E-state index contributed by atoms with van der Waals surface area (Å²) in [6.07, 6.45) is 2.61. The molecule has 0 saturated carbocycles. The van der Waals surface area contributed by atoms with E-state index in [9.17, 15) is 0 Å². The van der Waals surface area contributed by atoms with Crippen molar-refractivity contribution >= 4 is 17.0 Å². The zero-order valence-corrected chi connectivity index (χ0v) is 10.9. The molecule has 0 radical (unpaired) electrons. The van der Waals surface area contributed by atoms with Gasteiger partial charge in [-0.05, 0) is 31.9 Å². The van der Waals surface area contributed by atoms with E-state index >= 15 is 0 Å². The van der Waals surface area contributed by atoms with E-state index in [-0.39, 0.29) is 0 Å². The van der Waals surface area contributed by atoms with E-state index in [1.54, 1.807) is 0 Å². The van der Waals surface area contributed by atoms with Crippen molar-refractivity contribution in [2.75, 3.05) is 11.9 Å². The summed E-state index contributed by atoms with van der Waals surface area (Å²) in [5, 5.41) is 3.47. The molecule has 4 heteroatoms. The summed E-state index contributed by atoms with van der Waals surface area (Å²) in [4.78, 5) is 4.62. The van der Waals surface area contributed by atoms with Gasteiger partial charge in [-0.15, -0.1) is 0 Å². The summed E-state index contributed by atoms with van der Waals surface area (Å²) in [6.45, 7) is 3.05. The molecule has 1 aromatic carbocycles. The van der Waals surface area contributed by atoms with Crippen LogP contribution in [0.4, 0.5) is 5.95 Å². The van der Waals surface area contributed by atoms with Gasteiger partial charge in [-0.3, -0.25) is 0 Å². The van der Waals surface area contributed by atoms with Gasteiger partial charge in [0.15, 0.2) is 0 Å². The first-order valence-corrected chi connectivity index (χ1v) is 6.55. The SMILES string of the molecule is CC(Nc1nc2ccccc2n1C)C1CCCO1. The average Bonchev–Trinajstić information content (AvgIpc) is 3.00. The van der Waals surface area contributed by atoms with E-state index in [0.717, 1.165) is 30.0 Å². The highest BCUT2D eigenvalue weighted by molar-refractivity contribution is 5.78. The van der Waals surface area contributed by atoms with E-state index < -0.39 is 0 Å². The first-order valence-electron chi connectivity index (χ1n) is 6.55. The lowest BCUT2D eigenvalue weighted by molar-refractivity contribution is 0.0994. The van der Waals surface area contributed by atoms with E-state index in [0.29, 0.717) is 12.1 Å². The van der Waals surface area contributed by atoms with Crippen molar-refractivity contribution < 1.29 is 4.74 Å². The van der Waals surface area contributed by atoms with Crippen LogP contribution >= 0.6 is 0 Å². The summed E-state index contributed by atoms with van der Waals surface area (Å²) in [5.41, 5.74) is 2.18. The van der Waals surface area contributed by atoms with Crippen LogP contribution in [-0.4, -0.2) is 28.3 Å². The lowest BCUT2D eigenvalue weighted by Crippen LogP contribution is -2.31. The third-order valence-electron chi connectivity index (χ3n) is 3.67. The van der Waals surface area contributed by atoms with Gasteiger partial charge in [-0.2, -0.15) is 0 Å². The number of nitrogens with zero attached hydrogens (tertiary/aromatic N) is 2. The molecule has 2 unspecified atom stereocenters. The van der Waals surface area contributed by atoms with Crippen LogP contribution in [0.2, 0.25) is 0 Å². The van der Waals surface area contributed by atoms with Crippen LogP contribution in [0, 0.1) is 0 Å². The van der Waals surface area contributed by atoms with E-state index in [1.165, 1.54) is 6.42 Å². The van der Waals surface area contributed by atoms with Gasteiger partial charge in [-0.25, -0.2) is 4.98 Å². The molecule has 2 atom stereocenters. The number of rotatable bonds is 3. The highest BCUT2D eigenvalue weighted by Gasteiger charge is 2.23. The van der Waals surface area contributed by atoms with Gasteiger partial charge < -0.3 is 14.6 Å². The third kappa shape index (κ3) is 1.97. The lowest BCUT2D eigenvalue weighted by atomic mass is 10.1. The number of hydrogen-bond acceptors (Lipinski definition) is 3. The summed E-state index contributed by atoms with van der Waals surface area (Å²) in [7, 11) is 2.04. The number of imidazole rings is 1. The maximum Gasteiger partial charge on any atom is 0.203 e. The number of ether oxygens (including phenoxy) is 1. The Morgan fingerprint density at radius 1 is 1.44 bits per heavy atom. The molecule has 96 valence electrons. The van der Waals surface area contributed by atoms with Crippen molar-refractivity contribution in [3.05, 3.63) is 24.3 Å². The topological polar surface area (TPSA) is 39.1 Å². The second-order valence-corrected chi connectivity index (χ2v) is 4.97. The van der Waals surface area contributed by atoms with Gasteiger partial charge >= 0.3 is 0 Å². The molecule has 0 aliphatic carbocycles. The number of para-hydroxylation sites is 2. The predicted molar refractivity (Wildman–Crippen MR) is 72.8 cm³/mol. The van der Waals surface area contributed by atoms with E-state index in [4.69, 9.17) is 4.74 Å². The van der Waals surface area contributed by atoms with Crippen LogP contribution in [0.3, 0.4) is 0 Å². The number of aryl methyl sites for hydroxylation is 1. The molecule has 2 aromatic rings.